The second-order valence-corrected chi connectivity index (χ2v) is 8.73. The molecule has 4 heteroatoms. The second kappa shape index (κ2) is 6.28. The van der Waals surface area contributed by atoms with Gasteiger partial charge in [-0.1, -0.05) is 48.5 Å². The summed E-state index contributed by atoms with van der Waals surface area (Å²) in [6.45, 7) is 0. The van der Waals surface area contributed by atoms with Gasteiger partial charge in [0.15, 0.2) is 5.78 Å². The van der Waals surface area contributed by atoms with Crippen LogP contribution in [0.4, 0.5) is 5.69 Å². The fourth-order valence-electron chi connectivity index (χ4n) is 3.55. The lowest BCUT2D eigenvalue weighted by Gasteiger charge is -2.17. The van der Waals surface area contributed by atoms with Crippen LogP contribution in [0.25, 0.3) is 5.70 Å². The summed E-state index contributed by atoms with van der Waals surface area (Å²) in [5.74, 6) is 0.131. The van der Waals surface area contributed by atoms with Gasteiger partial charge in [0.1, 0.15) is 0 Å². The number of Topliss-reactive ketones (excluding diaryl/α,β-unsaturated/α-hetero) is 1. The number of anilines is 1. The van der Waals surface area contributed by atoms with Crippen molar-refractivity contribution in [1.82, 2.24) is 0 Å². The summed E-state index contributed by atoms with van der Waals surface area (Å²) >= 11 is 4.06. The van der Waals surface area contributed by atoms with E-state index in [0.717, 1.165) is 38.5 Å². The van der Waals surface area contributed by atoms with E-state index < -0.39 is 0 Å². The molecule has 1 heterocycles. The Bertz CT molecular complexity index is 1070. The van der Waals surface area contributed by atoms with Crippen LogP contribution >= 0.6 is 34.4 Å². The van der Waals surface area contributed by atoms with Crippen LogP contribution in [0.15, 0.2) is 83.3 Å². The molecular formula is C22H14INOS. The van der Waals surface area contributed by atoms with Gasteiger partial charge in [0.2, 0.25) is 0 Å². The number of fused-ring (bicyclic) bond motifs is 3. The number of nitrogens with one attached hydrogen (secondary N) is 1. The molecule has 0 amide bonds. The standard InChI is InChI=1S/C22H14INOS/c23-14-11-9-13(10-12-14)22-19-20(15-5-1-2-6-16(15)21(19)25)24-17-7-3-4-8-18(17)26-22/h1-12,22,24H. The van der Waals surface area contributed by atoms with Gasteiger partial charge in [-0.25, -0.2) is 0 Å². The largest absolute Gasteiger partial charge is 0.354 e. The summed E-state index contributed by atoms with van der Waals surface area (Å²) in [6.07, 6.45) is 0. The van der Waals surface area contributed by atoms with Crippen LogP contribution in [0.2, 0.25) is 0 Å². The SMILES string of the molecule is O=C1C2=C(Nc3ccccc3SC2c2ccc(I)cc2)c2ccccc21. The van der Waals surface area contributed by atoms with Gasteiger partial charge < -0.3 is 5.32 Å². The first-order valence-corrected chi connectivity index (χ1v) is 10.3. The fraction of sp³-hybridized carbons (Fsp3) is 0.0455. The Morgan fingerprint density at radius 3 is 2.35 bits per heavy atom. The third-order valence-electron chi connectivity index (χ3n) is 4.78. The highest BCUT2D eigenvalue weighted by molar-refractivity contribution is 14.1. The molecule has 5 rings (SSSR count). The van der Waals surface area contributed by atoms with Gasteiger partial charge in [-0.3, -0.25) is 4.79 Å². The minimum Gasteiger partial charge on any atom is -0.354 e. The van der Waals surface area contributed by atoms with Gasteiger partial charge in [0.25, 0.3) is 0 Å². The Morgan fingerprint density at radius 1 is 0.846 bits per heavy atom. The number of benzene rings is 3. The van der Waals surface area contributed by atoms with Gasteiger partial charge in [0, 0.05) is 25.2 Å². The van der Waals surface area contributed by atoms with E-state index in [4.69, 9.17) is 0 Å². The van der Waals surface area contributed by atoms with Gasteiger partial charge >= 0.3 is 0 Å². The smallest absolute Gasteiger partial charge is 0.193 e. The first-order valence-electron chi connectivity index (χ1n) is 8.39. The Hall–Kier alpha value is -2.05. The zero-order chi connectivity index (χ0) is 17.7. The van der Waals surface area contributed by atoms with Crippen LogP contribution in [-0.4, -0.2) is 5.78 Å². The topological polar surface area (TPSA) is 29.1 Å². The first kappa shape index (κ1) is 16.1. The molecule has 0 spiro atoms. The number of rotatable bonds is 1. The predicted octanol–water partition coefficient (Wildman–Crippen LogP) is 6.16. The second-order valence-electron chi connectivity index (χ2n) is 6.33. The third-order valence-corrected chi connectivity index (χ3v) is 6.85. The molecule has 2 nitrogen and oxygen atoms in total. The molecule has 0 bridgehead atoms. The van der Waals surface area contributed by atoms with E-state index >= 15 is 0 Å². The minimum atomic E-state index is -0.0296. The van der Waals surface area contributed by atoms with E-state index in [2.05, 4.69) is 64.3 Å². The molecule has 26 heavy (non-hydrogen) atoms. The molecule has 1 atom stereocenters. The van der Waals surface area contributed by atoms with Crippen molar-refractivity contribution in [3.63, 3.8) is 0 Å². The predicted molar refractivity (Wildman–Crippen MR) is 116 cm³/mol. The van der Waals surface area contributed by atoms with Crippen molar-refractivity contribution >= 4 is 51.5 Å². The summed E-state index contributed by atoms with van der Waals surface area (Å²) in [7, 11) is 0. The first-order chi connectivity index (χ1) is 12.7. The van der Waals surface area contributed by atoms with Crippen molar-refractivity contribution < 1.29 is 4.79 Å². The lowest BCUT2D eigenvalue weighted by atomic mass is 10.0. The van der Waals surface area contributed by atoms with Crippen molar-refractivity contribution in [2.75, 3.05) is 5.32 Å². The molecule has 2 aliphatic rings. The molecule has 1 N–H and O–H groups in total. The maximum Gasteiger partial charge on any atom is 0.193 e. The van der Waals surface area contributed by atoms with Gasteiger partial charge in [-0.05, 0) is 52.4 Å². The van der Waals surface area contributed by atoms with E-state index in [9.17, 15) is 4.79 Å². The Balaban J connectivity index is 1.74. The third kappa shape index (κ3) is 2.51. The van der Waals surface area contributed by atoms with Crippen LogP contribution in [0.3, 0.4) is 0 Å². The molecule has 0 radical (unpaired) electrons. The number of halogens is 1. The van der Waals surface area contributed by atoms with Crippen molar-refractivity contribution in [1.29, 1.82) is 0 Å². The molecule has 0 saturated carbocycles. The van der Waals surface area contributed by atoms with Gasteiger partial charge in [-0.15, -0.1) is 11.8 Å². The molecule has 1 unspecified atom stereocenters. The lowest BCUT2D eigenvalue weighted by molar-refractivity contribution is 0.103. The van der Waals surface area contributed by atoms with Crippen molar-refractivity contribution in [3.8, 4) is 0 Å². The minimum absolute atomic E-state index is 0.0296. The van der Waals surface area contributed by atoms with E-state index in [-0.39, 0.29) is 11.0 Å². The maximum absolute atomic E-state index is 13.3. The number of ketones is 1. The molecule has 0 fully saturated rings. The maximum atomic E-state index is 13.3. The number of carbonyl (C=O) groups is 1. The molecular weight excluding hydrogens is 453 g/mol. The Labute approximate surface area is 169 Å². The monoisotopic (exact) mass is 467 g/mol. The summed E-state index contributed by atoms with van der Waals surface area (Å²) < 4.78 is 1.19. The molecule has 3 aromatic carbocycles. The van der Waals surface area contributed by atoms with Crippen LogP contribution in [0.1, 0.15) is 26.7 Å². The summed E-state index contributed by atoms with van der Waals surface area (Å²) in [5, 5.41) is 3.53. The van der Waals surface area contributed by atoms with Crippen LogP contribution in [-0.2, 0) is 0 Å². The molecule has 0 saturated heterocycles. The number of hydrogen-bond donors (Lipinski definition) is 1. The van der Waals surface area contributed by atoms with Gasteiger partial charge in [-0.2, -0.15) is 0 Å². The quantitative estimate of drug-likeness (QED) is 0.435. The van der Waals surface area contributed by atoms with Crippen molar-refractivity contribution in [2.45, 2.75) is 10.1 Å². The molecule has 3 aromatic rings. The zero-order valence-electron chi connectivity index (χ0n) is 13.7. The van der Waals surface area contributed by atoms with E-state index in [1.54, 1.807) is 11.8 Å². The summed E-state index contributed by atoms with van der Waals surface area (Å²) in [4.78, 5) is 14.4. The highest BCUT2D eigenvalue weighted by Gasteiger charge is 2.37. The number of carbonyl (C=O) groups excluding carboxylic acids is 1. The Morgan fingerprint density at radius 2 is 1.54 bits per heavy atom. The number of thioether (sulfide) groups is 1. The average molecular weight is 467 g/mol. The van der Waals surface area contributed by atoms with E-state index in [0.29, 0.717) is 0 Å². The zero-order valence-corrected chi connectivity index (χ0v) is 16.7. The molecule has 1 aliphatic carbocycles. The fourth-order valence-corrected chi connectivity index (χ4v) is 5.21. The summed E-state index contributed by atoms with van der Waals surface area (Å²) in [6, 6.07) is 24.6. The van der Waals surface area contributed by atoms with E-state index in [1.807, 2.05) is 36.4 Å². The molecule has 1 aliphatic heterocycles. The van der Waals surface area contributed by atoms with Crippen LogP contribution in [0, 0.1) is 3.57 Å². The van der Waals surface area contributed by atoms with Crippen LogP contribution < -0.4 is 5.32 Å². The van der Waals surface area contributed by atoms with Crippen molar-refractivity contribution in [2.24, 2.45) is 0 Å². The summed E-state index contributed by atoms with van der Waals surface area (Å²) in [5.41, 5.74) is 5.81. The highest BCUT2D eigenvalue weighted by Crippen LogP contribution is 2.52. The van der Waals surface area contributed by atoms with Gasteiger partial charge in [0.05, 0.1) is 16.6 Å². The highest BCUT2D eigenvalue weighted by atomic mass is 127. The van der Waals surface area contributed by atoms with Crippen LogP contribution in [0.5, 0.6) is 0 Å². The Kier molecular flexibility index (Phi) is 3.90. The van der Waals surface area contributed by atoms with Crippen molar-refractivity contribution in [3.05, 3.63) is 98.6 Å². The van der Waals surface area contributed by atoms with E-state index in [1.165, 1.54) is 3.57 Å². The average Bonchev–Trinajstić information content (AvgIpc) is 2.84. The normalized spacial score (nSPS) is 17.9. The number of para-hydroxylation sites is 1. The number of hydrogen-bond acceptors (Lipinski definition) is 3. The lowest BCUT2D eigenvalue weighted by Crippen LogP contribution is -2.07. The molecule has 0 aromatic heterocycles. The molecule has 126 valence electrons.